The number of imidazole rings is 1. The lowest BCUT2D eigenvalue weighted by molar-refractivity contribution is -0.148. The standard InChI is InChI=1S/C15H24N4O2/c1-17-7-8-21-13(11-17)15(20)18(2)10-12-3-5-19-6-4-16-14(19)9-12/h4,6,12-13H,3,5,7-11H2,1-2H3/t12-,13-/m1/s1. The first-order valence-electron chi connectivity index (χ1n) is 7.68. The molecule has 6 heteroatoms. The second-order valence-corrected chi connectivity index (χ2v) is 6.24. The molecule has 0 spiro atoms. The van der Waals surface area contributed by atoms with E-state index in [1.54, 1.807) is 0 Å². The molecule has 0 saturated carbocycles. The van der Waals surface area contributed by atoms with E-state index in [1.807, 2.05) is 31.4 Å². The van der Waals surface area contributed by atoms with Crippen molar-refractivity contribution >= 4 is 5.91 Å². The van der Waals surface area contributed by atoms with Gasteiger partial charge in [-0.25, -0.2) is 4.98 Å². The molecule has 0 aromatic carbocycles. The van der Waals surface area contributed by atoms with E-state index in [1.165, 1.54) is 0 Å². The number of morpholine rings is 1. The van der Waals surface area contributed by atoms with Crippen molar-refractivity contribution in [3.05, 3.63) is 18.2 Å². The summed E-state index contributed by atoms with van der Waals surface area (Å²) in [6, 6.07) is 0. The predicted octanol–water partition coefficient (Wildman–Crippen LogP) is 0.235. The van der Waals surface area contributed by atoms with Gasteiger partial charge in [0.05, 0.1) is 6.61 Å². The summed E-state index contributed by atoms with van der Waals surface area (Å²) in [5, 5.41) is 0. The van der Waals surface area contributed by atoms with Gasteiger partial charge in [0.25, 0.3) is 5.91 Å². The minimum atomic E-state index is -0.306. The van der Waals surface area contributed by atoms with E-state index >= 15 is 0 Å². The number of carbonyl (C=O) groups is 1. The molecule has 1 saturated heterocycles. The van der Waals surface area contributed by atoms with Crippen molar-refractivity contribution in [3.63, 3.8) is 0 Å². The number of nitrogens with zero attached hydrogens (tertiary/aromatic N) is 4. The van der Waals surface area contributed by atoms with Crippen LogP contribution in [0.25, 0.3) is 0 Å². The Labute approximate surface area is 125 Å². The van der Waals surface area contributed by atoms with Crippen LogP contribution >= 0.6 is 0 Å². The molecule has 0 unspecified atom stereocenters. The molecular weight excluding hydrogens is 268 g/mol. The Bertz CT molecular complexity index is 502. The zero-order valence-electron chi connectivity index (χ0n) is 12.9. The molecule has 0 radical (unpaired) electrons. The molecule has 0 N–H and O–H groups in total. The third kappa shape index (κ3) is 3.27. The molecule has 21 heavy (non-hydrogen) atoms. The minimum Gasteiger partial charge on any atom is -0.366 e. The van der Waals surface area contributed by atoms with Crippen LogP contribution in [0.15, 0.2) is 12.4 Å². The van der Waals surface area contributed by atoms with Crippen molar-refractivity contribution in [1.82, 2.24) is 19.4 Å². The second-order valence-electron chi connectivity index (χ2n) is 6.24. The van der Waals surface area contributed by atoms with Crippen LogP contribution < -0.4 is 0 Å². The number of hydrogen-bond donors (Lipinski definition) is 0. The van der Waals surface area contributed by atoms with E-state index in [4.69, 9.17) is 4.74 Å². The topological polar surface area (TPSA) is 50.6 Å². The van der Waals surface area contributed by atoms with Crippen LogP contribution in [0.1, 0.15) is 12.2 Å². The van der Waals surface area contributed by atoms with Gasteiger partial charge in [-0.3, -0.25) is 4.79 Å². The third-order valence-electron chi connectivity index (χ3n) is 4.50. The maximum Gasteiger partial charge on any atom is 0.252 e. The van der Waals surface area contributed by atoms with Gasteiger partial charge in [-0.1, -0.05) is 0 Å². The normalized spacial score (nSPS) is 26.4. The predicted molar refractivity (Wildman–Crippen MR) is 78.9 cm³/mol. The zero-order valence-corrected chi connectivity index (χ0v) is 12.9. The van der Waals surface area contributed by atoms with E-state index < -0.39 is 0 Å². The number of fused-ring (bicyclic) bond motifs is 1. The molecule has 2 atom stereocenters. The number of aryl methyl sites for hydroxylation is 1. The van der Waals surface area contributed by atoms with Gasteiger partial charge < -0.3 is 19.1 Å². The fourth-order valence-corrected chi connectivity index (χ4v) is 3.22. The van der Waals surface area contributed by atoms with Gasteiger partial charge in [-0.2, -0.15) is 0 Å². The maximum atomic E-state index is 12.5. The molecule has 116 valence electrons. The fourth-order valence-electron chi connectivity index (χ4n) is 3.22. The fraction of sp³-hybridized carbons (Fsp3) is 0.733. The molecule has 3 heterocycles. The highest BCUT2D eigenvalue weighted by Gasteiger charge is 2.29. The van der Waals surface area contributed by atoms with Crippen molar-refractivity contribution in [1.29, 1.82) is 0 Å². The van der Waals surface area contributed by atoms with Gasteiger partial charge in [0.2, 0.25) is 0 Å². The van der Waals surface area contributed by atoms with E-state index in [2.05, 4.69) is 14.5 Å². The molecule has 6 nitrogen and oxygen atoms in total. The first-order valence-corrected chi connectivity index (χ1v) is 7.68. The molecule has 1 amide bonds. The molecule has 1 fully saturated rings. The van der Waals surface area contributed by atoms with Crippen molar-refractivity contribution in [3.8, 4) is 0 Å². The Hall–Kier alpha value is -1.40. The summed E-state index contributed by atoms with van der Waals surface area (Å²) in [6.45, 7) is 4.03. The van der Waals surface area contributed by atoms with Crippen LogP contribution in [0.5, 0.6) is 0 Å². The number of amides is 1. The monoisotopic (exact) mass is 292 g/mol. The van der Waals surface area contributed by atoms with E-state index in [0.29, 0.717) is 19.1 Å². The molecule has 1 aromatic heterocycles. The SMILES string of the molecule is CN1CCO[C@@H](C(=O)N(C)C[C@@H]2CCn3ccnc3C2)C1. The van der Waals surface area contributed by atoms with Crippen LogP contribution in [-0.2, 0) is 22.5 Å². The summed E-state index contributed by atoms with van der Waals surface area (Å²) < 4.78 is 7.82. The average molecular weight is 292 g/mol. The van der Waals surface area contributed by atoms with Crippen LogP contribution in [0.3, 0.4) is 0 Å². The van der Waals surface area contributed by atoms with Crippen molar-refractivity contribution in [2.45, 2.75) is 25.5 Å². The Morgan fingerprint density at radius 2 is 2.38 bits per heavy atom. The highest BCUT2D eigenvalue weighted by atomic mass is 16.5. The molecule has 3 rings (SSSR count). The van der Waals surface area contributed by atoms with Crippen LogP contribution in [0.4, 0.5) is 0 Å². The molecule has 2 aliphatic rings. The van der Waals surface area contributed by atoms with Gasteiger partial charge in [0.1, 0.15) is 11.9 Å². The highest BCUT2D eigenvalue weighted by Crippen LogP contribution is 2.20. The second kappa shape index (κ2) is 6.15. The number of carbonyl (C=O) groups excluding carboxylic acids is 1. The van der Waals surface area contributed by atoms with Crippen molar-refractivity contribution in [2.24, 2.45) is 5.92 Å². The Balaban J connectivity index is 1.54. The number of aromatic nitrogens is 2. The first-order chi connectivity index (χ1) is 10.1. The number of hydrogen-bond acceptors (Lipinski definition) is 4. The number of rotatable bonds is 3. The van der Waals surface area contributed by atoms with Gasteiger partial charge >= 0.3 is 0 Å². The quantitative estimate of drug-likeness (QED) is 0.800. The molecule has 1 aromatic rings. The lowest BCUT2D eigenvalue weighted by atomic mass is 9.97. The summed E-state index contributed by atoms with van der Waals surface area (Å²) in [4.78, 5) is 20.8. The van der Waals surface area contributed by atoms with Crippen molar-refractivity contribution in [2.75, 3.05) is 40.3 Å². The average Bonchev–Trinajstić information content (AvgIpc) is 2.94. The van der Waals surface area contributed by atoms with Crippen LogP contribution in [0.2, 0.25) is 0 Å². The Morgan fingerprint density at radius 3 is 3.19 bits per heavy atom. The van der Waals surface area contributed by atoms with Gasteiger partial charge in [-0.05, 0) is 19.4 Å². The van der Waals surface area contributed by atoms with E-state index in [-0.39, 0.29) is 12.0 Å². The minimum absolute atomic E-state index is 0.107. The maximum absolute atomic E-state index is 12.5. The summed E-state index contributed by atoms with van der Waals surface area (Å²) in [6.07, 6.45) is 5.65. The third-order valence-corrected chi connectivity index (χ3v) is 4.50. The number of ether oxygens (including phenoxy) is 1. The van der Waals surface area contributed by atoms with Gasteiger partial charge in [-0.15, -0.1) is 0 Å². The van der Waals surface area contributed by atoms with E-state index in [9.17, 15) is 4.79 Å². The van der Waals surface area contributed by atoms with Crippen molar-refractivity contribution < 1.29 is 9.53 Å². The molecule has 0 bridgehead atoms. The van der Waals surface area contributed by atoms with Crippen LogP contribution in [-0.4, -0.2) is 71.7 Å². The molecule has 2 aliphatic heterocycles. The van der Waals surface area contributed by atoms with E-state index in [0.717, 1.165) is 38.3 Å². The van der Waals surface area contributed by atoms with Gasteiger partial charge in [0.15, 0.2) is 0 Å². The summed E-state index contributed by atoms with van der Waals surface area (Å²) in [5.74, 6) is 1.74. The molecular formula is C15H24N4O2. The number of likely N-dealkylation sites (N-methyl/N-ethyl adjacent to an activating group) is 2. The zero-order chi connectivity index (χ0) is 14.8. The Morgan fingerprint density at radius 1 is 1.52 bits per heavy atom. The lowest BCUT2D eigenvalue weighted by Gasteiger charge is -2.33. The first kappa shape index (κ1) is 14.5. The van der Waals surface area contributed by atoms with Crippen LogP contribution in [0, 0.1) is 5.92 Å². The smallest absolute Gasteiger partial charge is 0.252 e. The summed E-state index contributed by atoms with van der Waals surface area (Å²) in [5.41, 5.74) is 0. The lowest BCUT2D eigenvalue weighted by Crippen LogP contribution is -2.50. The summed E-state index contributed by atoms with van der Waals surface area (Å²) in [7, 11) is 3.92. The molecule has 0 aliphatic carbocycles. The summed E-state index contributed by atoms with van der Waals surface area (Å²) >= 11 is 0. The van der Waals surface area contributed by atoms with Gasteiger partial charge in [0, 0.05) is 52.0 Å². The largest absolute Gasteiger partial charge is 0.366 e. The Kier molecular flexibility index (Phi) is 4.26. The highest BCUT2D eigenvalue weighted by molar-refractivity contribution is 5.81.